The number of carboxylic acids is 1. The molecule has 0 aliphatic heterocycles. The van der Waals surface area contributed by atoms with Gasteiger partial charge in [-0.15, -0.1) is 36.2 Å². The predicted octanol–water partition coefficient (Wildman–Crippen LogP) is 6.12. The molecule has 0 radical (unpaired) electrons. The molecular weight excluding hydrogens is 755 g/mol. The van der Waals surface area contributed by atoms with Gasteiger partial charge in [-0.05, 0) is 56.1 Å². The van der Waals surface area contributed by atoms with Crippen molar-refractivity contribution in [2.45, 2.75) is 49.0 Å². The first-order valence-corrected chi connectivity index (χ1v) is 17.5. The van der Waals surface area contributed by atoms with Crippen LogP contribution in [0, 0.1) is 22.7 Å². The second-order valence-electron chi connectivity index (χ2n) is 10.9. The quantitative estimate of drug-likeness (QED) is 0.0745. The maximum Gasteiger partial charge on any atom is 0.326 e. The molecule has 0 bridgehead atoms. The maximum absolute atomic E-state index is 13.0. The van der Waals surface area contributed by atoms with Crippen molar-refractivity contribution in [1.82, 2.24) is 14.9 Å². The topological polar surface area (TPSA) is 218 Å². The summed E-state index contributed by atoms with van der Waals surface area (Å²) in [6.07, 6.45) is 1.77. The molecule has 0 saturated carbocycles. The van der Waals surface area contributed by atoms with Crippen LogP contribution in [-0.2, 0) is 15.3 Å². The monoisotopic (exact) mass is 790 g/mol. The number of nitrogens with two attached hydrogens (primary N) is 3. The number of amides is 1. The Balaban J connectivity index is 0.00000451. The minimum absolute atomic E-state index is 0. The number of rotatable bonds is 16. The lowest BCUT2D eigenvalue weighted by molar-refractivity contribution is -0.150. The highest BCUT2D eigenvalue weighted by molar-refractivity contribution is 7.98. The molecule has 0 unspecified atom stereocenters. The Labute approximate surface area is 321 Å². The van der Waals surface area contributed by atoms with E-state index in [0.717, 1.165) is 16.3 Å². The highest BCUT2D eigenvalue weighted by Gasteiger charge is 2.29. The Hall–Kier alpha value is -4.12. The van der Waals surface area contributed by atoms with Gasteiger partial charge in [0.05, 0.1) is 23.8 Å². The van der Waals surface area contributed by atoms with Crippen molar-refractivity contribution >= 4 is 77.2 Å². The van der Waals surface area contributed by atoms with Gasteiger partial charge in [-0.1, -0.05) is 54.0 Å². The number of nitriles is 2. The summed E-state index contributed by atoms with van der Waals surface area (Å²) >= 11 is 8.79. The van der Waals surface area contributed by atoms with Gasteiger partial charge in [-0.25, -0.2) is 14.8 Å². The van der Waals surface area contributed by atoms with E-state index in [2.05, 4.69) is 17.1 Å². The number of aromatic nitrogens is 2. The summed E-state index contributed by atoms with van der Waals surface area (Å²) in [7, 11) is 0. The van der Waals surface area contributed by atoms with Crippen molar-refractivity contribution in [3.63, 3.8) is 0 Å². The van der Waals surface area contributed by atoms with E-state index in [1.54, 1.807) is 36.4 Å². The molecule has 2 aromatic carbocycles. The van der Waals surface area contributed by atoms with Gasteiger partial charge in [0, 0.05) is 27.3 Å². The molecule has 2 aromatic heterocycles. The molecule has 12 nitrogen and oxygen atoms in total. The van der Waals surface area contributed by atoms with Crippen molar-refractivity contribution < 1.29 is 19.4 Å². The molecule has 0 spiro atoms. The minimum atomic E-state index is -1.16. The molecule has 0 aliphatic carbocycles. The largest absolute Gasteiger partial charge is 0.492 e. The SMILES string of the molecule is C[C@H](C(=O)O)N(CCOc1ccc(-c2c(C#N)c(N)nc(SCc3csc(-c4ccc(Cl)cc4)n3)c2C#N)cc1)C(=O)[C@@H](N)CCCCN.Cl.Cl. The second-order valence-corrected chi connectivity index (χ2v) is 13.2. The third kappa shape index (κ3) is 11.2. The van der Waals surface area contributed by atoms with Crippen LogP contribution < -0.4 is 21.9 Å². The number of halogens is 3. The number of hydrogen-bond acceptors (Lipinski definition) is 12. The number of carbonyl (C=O) groups is 2. The van der Waals surface area contributed by atoms with Crippen molar-refractivity contribution in [2.24, 2.45) is 11.5 Å². The molecule has 2 atom stereocenters. The summed E-state index contributed by atoms with van der Waals surface area (Å²) < 4.78 is 5.85. The second kappa shape index (κ2) is 20.7. The summed E-state index contributed by atoms with van der Waals surface area (Å²) in [6.45, 7) is 1.90. The van der Waals surface area contributed by atoms with Crippen molar-refractivity contribution in [3.05, 3.63) is 75.8 Å². The summed E-state index contributed by atoms with van der Waals surface area (Å²) in [5.41, 5.74) is 20.7. The number of hydrogen-bond donors (Lipinski definition) is 4. The van der Waals surface area contributed by atoms with Crippen LogP contribution in [0.25, 0.3) is 21.7 Å². The van der Waals surface area contributed by atoms with Crippen LogP contribution in [-0.4, -0.2) is 63.6 Å². The van der Waals surface area contributed by atoms with E-state index in [0.29, 0.717) is 58.5 Å². The van der Waals surface area contributed by atoms with Crippen molar-refractivity contribution in [1.29, 1.82) is 10.5 Å². The zero-order valence-electron chi connectivity index (χ0n) is 27.5. The van der Waals surface area contributed by atoms with E-state index >= 15 is 0 Å². The van der Waals surface area contributed by atoms with Crippen molar-refractivity contribution in [2.75, 3.05) is 25.4 Å². The average Bonchev–Trinajstić information content (AvgIpc) is 3.58. The van der Waals surface area contributed by atoms with Gasteiger partial charge in [-0.3, -0.25) is 4.79 Å². The number of nitrogen functional groups attached to an aromatic ring is 1. The summed E-state index contributed by atoms with van der Waals surface area (Å²) in [4.78, 5) is 35.0. The Morgan fingerprint density at radius 3 is 2.29 bits per heavy atom. The first-order chi connectivity index (χ1) is 23.6. The summed E-state index contributed by atoms with van der Waals surface area (Å²) in [5.74, 6) is -0.781. The summed E-state index contributed by atoms with van der Waals surface area (Å²) in [5, 5.41) is 33.5. The van der Waals surface area contributed by atoms with E-state index < -0.39 is 24.0 Å². The van der Waals surface area contributed by atoms with E-state index in [1.165, 1.54) is 34.9 Å². The number of thioether (sulfide) groups is 1. The highest BCUT2D eigenvalue weighted by Crippen LogP contribution is 2.37. The number of carbonyl (C=O) groups excluding carboxylic acids is 1. The Kier molecular flexibility index (Phi) is 17.4. The van der Waals surface area contributed by atoms with E-state index in [4.69, 9.17) is 38.5 Å². The molecule has 7 N–H and O–H groups in total. The number of pyridine rings is 1. The number of ether oxygens (including phenoxy) is 1. The molecular formula is C34H37Cl3N8O4S2. The number of nitrogens with zero attached hydrogens (tertiary/aromatic N) is 5. The number of carboxylic acid groups (broad SMARTS) is 1. The molecule has 2 heterocycles. The Morgan fingerprint density at radius 2 is 1.69 bits per heavy atom. The minimum Gasteiger partial charge on any atom is -0.492 e. The van der Waals surface area contributed by atoms with E-state index in [-0.39, 0.29) is 54.9 Å². The van der Waals surface area contributed by atoms with Gasteiger partial charge in [-0.2, -0.15) is 10.5 Å². The number of thiazole rings is 1. The van der Waals surface area contributed by atoms with Crippen molar-refractivity contribution in [3.8, 4) is 39.6 Å². The smallest absolute Gasteiger partial charge is 0.326 e. The first kappa shape index (κ1) is 43.0. The lowest BCUT2D eigenvalue weighted by Crippen LogP contribution is -2.51. The molecule has 270 valence electrons. The lowest BCUT2D eigenvalue weighted by Gasteiger charge is -2.29. The van der Waals surface area contributed by atoms with Gasteiger partial charge in [0.1, 0.15) is 52.0 Å². The van der Waals surface area contributed by atoms with Gasteiger partial charge in [0.2, 0.25) is 5.91 Å². The Morgan fingerprint density at radius 1 is 1.04 bits per heavy atom. The fourth-order valence-corrected chi connectivity index (χ4v) is 6.83. The zero-order valence-corrected chi connectivity index (χ0v) is 31.5. The maximum atomic E-state index is 13.0. The lowest BCUT2D eigenvalue weighted by atomic mass is 9.97. The molecule has 51 heavy (non-hydrogen) atoms. The van der Waals surface area contributed by atoms with Crippen LogP contribution >= 0.6 is 59.5 Å². The van der Waals surface area contributed by atoms with Crippen LogP contribution in [0.5, 0.6) is 5.75 Å². The molecule has 17 heteroatoms. The molecule has 0 saturated heterocycles. The zero-order chi connectivity index (χ0) is 35.5. The normalized spacial score (nSPS) is 11.6. The molecule has 4 rings (SSSR count). The van der Waals surface area contributed by atoms with E-state index in [9.17, 15) is 25.2 Å². The summed E-state index contributed by atoms with van der Waals surface area (Å²) in [6, 6.07) is 16.4. The van der Waals surface area contributed by atoms with Crippen LogP contribution in [0.15, 0.2) is 58.9 Å². The van der Waals surface area contributed by atoms with Gasteiger partial charge >= 0.3 is 5.97 Å². The fourth-order valence-electron chi connectivity index (χ4n) is 4.88. The standard InChI is InChI=1S/C34H35ClN8O4S2.2ClH/c1-20(34(45)46)43(33(44)28(39)4-2-3-13-36)14-15-47-25-11-7-21(8-12-25)29-26(16-37)30(40)42-32(27(29)17-38)49-19-24-18-48-31(41-24)22-5-9-23(35)10-6-22;;/h5-12,18,20,28H,2-4,13-15,19,36,39H2,1H3,(H2,40,42)(H,45,46);2*1H/t20-,28+;;/m1../s1. The van der Waals surface area contributed by atoms with Gasteiger partial charge in [0.25, 0.3) is 0 Å². The third-order valence-electron chi connectivity index (χ3n) is 7.55. The van der Waals surface area contributed by atoms with Crippen LogP contribution in [0.3, 0.4) is 0 Å². The first-order valence-electron chi connectivity index (χ1n) is 15.3. The Bertz CT molecular complexity index is 1870. The van der Waals surface area contributed by atoms with Gasteiger partial charge in [0.15, 0.2) is 0 Å². The number of aliphatic carboxylic acids is 1. The van der Waals surface area contributed by atoms with E-state index in [1.807, 2.05) is 17.5 Å². The van der Waals surface area contributed by atoms with Crippen LogP contribution in [0.4, 0.5) is 5.82 Å². The fraction of sp³-hybridized carbons (Fsp3) is 0.294. The number of unbranched alkanes of at least 4 members (excludes halogenated alkanes) is 1. The molecule has 0 fully saturated rings. The number of benzene rings is 2. The highest BCUT2D eigenvalue weighted by atomic mass is 35.5. The predicted molar refractivity (Wildman–Crippen MR) is 205 cm³/mol. The molecule has 0 aliphatic rings. The number of anilines is 1. The third-order valence-corrected chi connectivity index (χ3v) is 9.75. The molecule has 1 amide bonds. The molecule has 4 aromatic rings. The van der Waals surface area contributed by atoms with Crippen LogP contribution in [0.2, 0.25) is 5.02 Å². The average molecular weight is 792 g/mol. The van der Waals surface area contributed by atoms with Crippen LogP contribution in [0.1, 0.15) is 43.0 Å². The van der Waals surface area contributed by atoms with Gasteiger partial charge < -0.3 is 31.9 Å².